The second kappa shape index (κ2) is 3.91. The van der Waals surface area contributed by atoms with Gasteiger partial charge in [-0.3, -0.25) is 4.79 Å². The van der Waals surface area contributed by atoms with Crippen LogP contribution in [-0.2, 0) is 10.2 Å². The molecule has 1 saturated carbocycles. The third-order valence-corrected chi connectivity index (χ3v) is 3.79. The van der Waals surface area contributed by atoms with Crippen molar-refractivity contribution in [1.29, 1.82) is 0 Å². The van der Waals surface area contributed by atoms with Gasteiger partial charge in [0.25, 0.3) is 0 Å². The van der Waals surface area contributed by atoms with E-state index >= 15 is 0 Å². The first kappa shape index (κ1) is 11.7. The molecule has 86 valence electrons. The highest BCUT2D eigenvalue weighted by molar-refractivity contribution is 6.42. The summed E-state index contributed by atoms with van der Waals surface area (Å²) in [6.45, 7) is 0. The standard InChI is InChI=1S/C11H10Cl2O3/c12-8-2-1-6(3-9(8)13)11(10(15)16)4-7(14)5-11/h1-3,7,14H,4-5H2,(H,15,16). The Morgan fingerprint density at radius 3 is 2.38 bits per heavy atom. The number of carbonyl (C=O) groups is 1. The van der Waals surface area contributed by atoms with Crippen LogP contribution in [0.1, 0.15) is 18.4 Å². The molecule has 3 nitrogen and oxygen atoms in total. The Balaban J connectivity index is 2.41. The van der Waals surface area contributed by atoms with Gasteiger partial charge in [-0.2, -0.15) is 0 Å². The number of hydrogen-bond acceptors (Lipinski definition) is 2. The number of rotatable bonds is 2. The zero-order valence-electron chi connectivity index (χ0n) is 8.28. The molecule has 0 bridgehead atoms. The lowest BCUT2D eigenvalue weighted by atomic mass is 9.63. The SMILES string of the molecule is O=C(O)C1(c2ccc(Cl)c(Cl)c2)CC(O)C1. The summed E-state index contributed by atoms with van der Waals surface area (Å²) in [6.07, 6.45) is -0.105. The monoisotopic (exact) mass is 260 g/mol. The van der Waals surface area contributed by atoms with Gasteiger partial charge in [-0.15, -0.1) is 0 Å². The minimum Gasteiger partial charge on any atom is -0.481 e. The highest BCUT2D eigenvalue weighted by Crippen LogP contribution is 2.45. The van der Waals surface area contributed by atoms with Crippen molar-refractivity contribution in [3.8, 4) is 0 Å². The number of halogens is 2. The summed E-state index contributed by atoms with van der Waals surface area (Å²) < 4.78 is 0. The summed E-state index contributed by atoms with van der Waals surface area (Å²) in [4.78, 5) is 11.3. The molecule has 0 saturated heterocycles. The van der Waals surface area contributed by atoms with Crippen LogP contribution in [0.3, 0.4) is 0 Å². The van der Waals surface area contributed by atoms with E-state index in [4.69, 9.17) is 23.2 Å². The third-order valence-electron chi connectivity index (χ3n) is 3.05. The third kappa shape index (κ3) is 1.69. The van der Waals surface area contributed by atoms with Crippen molar-refractivity contribution in [3.05, 3.63) is 33.8 Å². The number of aliphatic hydroxyl groups excluding tert-OH is 1. The van der Waals surface area contributed by atoms with E-state index in [0.717, 1.165) is 0 Å². The number of carboxylic acid groups (broad SMARTS) is 1. The number of carboxylic acids is 1. The van der Waals surface area contributed by atoms with Crippen LogP contribution in [-0.4, -0.2) is 22.3 Å². The second-order valence-corrected chi connectivity index (χ2v) is 4.89. The van der Waals surface area contributed by atoms with Gasteiger partial charge in [0.15, 0.2) is 0 Å². The van der Waals surface area contributed by atoms with Crippen molar-refractivity contribution in [3.63, 3.8) is 0 Å². The Bertz CT molecular complexity index is 439. The lowest BCUT2D eigenvalue weighted by Crippen LogP contribution is -2.50. The molecule has 0 unspecified atom stereocenters. The summed E-state index contributed by atoms with van der Waals surface area (Å²) in [5.41, 5.74) is -0.409. The van der Waals surface area contributed by atoms with Gasteiger partial charge in [0.05, 0.1) is 21.6 Å². The minimum absolute atomic E-state index is 0.223. The Kier molecular flexibility index (Phi) is 2.86. The lowest BCUT2D eigenvalue weighted by Gasteiger charge is -2.42. The maximum absolute atomic E-state index is 11.3. The highest BCUT2D eigenvalue weighted by atomic mass is 35.5. The van der Waals surface area contributed by atoms with Gasteiger partial charge in [-0.1, -0.05) is 29.3 Å². The van der Waals surface area contributed by atoms with Crippen LogP contribution in [0.5, 0.6) is 0 Å². The molecule has 0 radical (unpaired) electrons. The fourth-order valence-corrected chi connectivity index (χ4v) is 2.37. The molecule has 16 heavy (non-hydrogen) atoms. The molecular formula is C11H10Cl2O3. The van der Waals surface area contributed by atoms with Crippen molar-refractivity contribution in [1.82, 2.24) is 0 Å². The fourth-order valence-electron chi connectivity index (χ4n) is 2.07. The minimum atomic E-state index is -1.01. The van der Waals surface area contributed by atoms with Crippen molar-refractivity contribution >= 4 is 29.2 Å². The largest absolute Gasteiger partial charge is 0.481 e. The molecular weight excluding hydrogens is 251 g/mol. The molecule has 0 aliphatic heterocycles. The van der Waals surface area contributed by atoms with E-state index in [9.17, 15) is 15.0 Å². The number of benzene rings is 1. The molecule has 1 fully saturated rings. The maximum atomic E-state index is 11.3. The van der Waals surface area contributed by atoms with Gasteiger partial charge in [0.1, 0.15) is 0 Å². The van der Waals surface area contributed by atoms with Crippen LogP contribution in [0.4, 0.5) is 0 Å². The quantitative estimate of drug-likeness (QED) is 0.859. The van der Waals surface area contributed by atoms with Gasteiger partial charge < -0.3 is 10.2 Å². The fraction of sp³-hybridized carbons (Fsp3) is 0.364. The Morgan fingerprint density at radius 2 is 1.94 bits per heavy atom. The zero-order valence-corrected chi connectivity index (χ0v) is 9.79. The lowest BCUT2D eigenvalue weighted by molar-refractivity contribution is -0.152. The topological polar surface area (TPSA) is 57.5 Å². The van der Waals surface area contributed by atoms with Crippen molar-refractivity contribution in [2.75, 3.05) is 0 Å². The Labute approximate surface area is 103 Å². The molecule has 0 spiro atoms. The second-order valence-electron chi connectivity index (χ2n) is 4.08. The highest BCUT2D eigenvalue weighted by Gasteiger charge is 2.51. The van der Waals surface area contributed by atoms with E-state index in [1.807, 2.05) is 0 Å². The van der Waals surface area contributed by atoms with Gasteiger partial charge in [-0.25, -0.2) is 0 Å². The Morgan fingerprint density at radius 1 is 1.31 bits per heavy atom. The summed E-state index contributed by atoms with van der Waals surface area (Å²) in [6, 6.07) is 4.78. The van der Waals surface area contributed by atoms with Gasteiger partial charge in [-0.05, 0) is 30.5 Å². The van der Waals surface area contributed by atoms with Gasteiger partial charge >= 0.3 is 5.97 Å². The number of hydrogen-bond donors (Lipinski definition) is 2. The van der Waals surface area contributed by atoms with E-state index in [0.29, 0.717) is 15.6 Å². The molecule has 1 aliphatic rings. The van der Waals surface area contributed by atoms with Crippen molar-refractivity contribution < 1.29 is 15.0 Å². The average molecular weight is 261 g/mol. The smallest absolute Gasteiger partial charge is 0.314 e. The summed E-state index contributed by atoms with van der Waals surface area (Å²) in [5.74, 6) is -0.934. The average Bonchev–Trinajstić information content (AvgIpc) is 2.17. The van der Waals surface area contributed by atoms with E-state index in [1.54, 1.807) is 18.2 Å². The van der Waals surface area contributed by atoms with E-state index < -0.39 is 17.5 Å². The van der Waals surface area contributed by atoms with Crippen LogP contribution < -0.4 is 0 Å². The molecule has 0 heterocycles. The molecule has 0 aromatic heterocycles. The van der Waals surface area contributed by atoms with Crippen LogP contribution in [0.25, 0.3) is 0 Å². The van der Waals surface area contributed by atoms with E-state index in [2.05, 4.69) is 0 Å². The van der Waals surface area contributed by atoms with Crippen LogP contribution in [0.15, 0.2) is 18.2 Å². The first-order valence-corrected chi connectivity index (χ1v) is 5.58. The molecule has 2 rings (SSSR count). The summed E-state index contributed by atoms with van der Waals surface area (Å²) in [7, 11) is 0. The first-order chi connectivity index (χ1) is 7.45. The predicted octanol–water partition coefficient (Wildman–Crippen LogP) is 2.47. The maximum Gasteiger partial charge on any atom is 0.314 e. The zero-order chi connectivity index (χ0) is 11.9. The Hall–Kier alpha value is -0.770. The van der Waals surface area contributed by atoms with Crippen LogP contribution >= 0.6 is 23.2 Å². The summed E-state index contributed by atoms with van der Waals surface area (Å²) in [5, 5.41) is 19.3. The number of aliphatic carboxylic acids is 1. The van der Waals surface area contributed by atoms with Gasteiger partial charge in [0, 0.05) is 0 Å². The molecule has 1 aromatic rings. The predicted molar refractivity (Wildman–Crippen MR) is 61.0 cm³/mol. The molecule has 0 amide bonds. The van der Waals surface area contributed by atoms with Crippen LogP contribution in [0.2, 0.25) is 10.0 Å². The molecule has 1 aliphatic carbocycles. The number of aliphatic hydroxyl groups is 1. The van der Waals surface area contributed by atoms with E-state index in [-0.39, 0.29) is 12.8 Å². The van der Waals surface area contributed by atoms with Crippen molar-refractivity contribution in [2.45, 2.75) is 24.4 Å². The summed E-state index contributed by atoms with van der Waals surface area (Å²) >= 11 is 11.6. The molecule has 0 atom stereocenters. The van der Waals surface area contributed by atoms with E-state index in [1.165, 1.54) is 0 Å². The molecule has 2 N–H and O–H groups in total. The van der Waals surface area contributed by atoms with Crippen LogP contribution in [0, 0.1) is 0 Å². The normalized spacial score (nSPS) is 28.6. The molecule has 5 heteroatoms. The van der Waals surface area contributed by atoms with Crippen molar-refractivity contribution in [2.24, 2.45) is 0 Å². The first-order valence-electron chi connectivity index (χ1n) is 4.83. The van der Waals surface area contributed by atoms with Gasteiger partial charge in [0.2, 0.25) is 0 Å². The molecule has 1 aromatic carbocycles.